The van der Waals surface area contributed by atoms with Gasteiger partial charge in [0.25, 0.3) is 0 Å². The van der Waals surface area contributed by atoms with Crippen LogP contribution in [0.1, 0.15) is 92.9 Å². The van der Waals surface area contributed by atoms with Crippen LogP contribution in [-0.4, -0.2) is 11.7 Å². The monoisotopic (exact) mass is 387 g/mol. The van der Waals surface area contributed by atoms with E-state index in [0.717, 1.165) is 30.9 Å². The lowest BCUT2D eigenvalue weighted by atomic mass is 9.48. The van der Waals surface area contributed by atoms with E-state index in [9.17, 15) is 4.79 Å². The van der Waals surface area contributed by atoms with Crippen molar-refractivity contribution in [1.82, 2.24) is 5.43 Å². The maximum absolute atomic E-state index is 10.7. The number of hydrazone groups is 1. The molecule has 0 unspecified atom stereocenters. The van der Waals surface area contributed by atoms with Crippen molar-refractivity contribution in [3.8, 4) is 0 Å². The number of carbonyl (C=O) groups is 1. The second-order valence-electron chi connectivity index (χ2n) is 10.1. The number of nitrogens with one attached hydrogen (secondary N) is 1. The number of primary amides is 1. The largest absolute Gasteiger partial charge is 0.350 e. The molecule has 3 N–H and O–H groups in total. The van der Waals surface area contributed by atoms with Crippen LogP contribution in [0.2, 0.25) is 0 Å². The lowest BCUT2D eigenvalue weighted by molar-refractivity contribution is -0.0390. The third-order valence-electron chi connectivity index (χ3n) is 7.48. The van der Waals surface area contributed by atoms with Gasteiger partial charge in [0.05, 0.1) is 0 Å². The Hall–Kier alpha value is -1.58. The summed E-state index contributed by atoms with van der Waals surface area (Å²) in [6.07, 6.45) is 14.5. The van der Waals surface area contributed by atoms with E-state index in [1.165, 1.54) is 37.7 Å². The molecular formula is C24H41N3O. The topological polar surface area (TPSA) is 67.5 Å². The number of carbonyl (C=O) groups excluding carboxylic acids is 1. The highest BCUT2D eigenvalue weighted by Gasteiger charge is 2.51. The summed E-state index contributed by atoms with van der Waals surface area (Å²) in [6, 6.07) is -0.611. The molecule has 0 aliphatic heterocycles. The van der Waals surface area contributed by atoms with Crippen LogP contribution in [0.3, 0.4) is 0 Å². The zero-order valence-corrected chi connectivity index (χ0v) is 18.9. The number of hydrogen-bond donors (Lipinski definition) is 2. The van der Waals surface area contributed by atoms with Gasteiger partial charge in [-0.05, 0) is 88.4 Å². The summed E-state index contributed by atoms with van der Waals surface area (Å²) in [5.41, 5.74) is 12.2. The third-order valence-corrected chi connectivity index (χ3v) is 7.48. The fourth-order valence-corrected chi connectivity index (χ4v) is 5.90. The Morgan fingerprint density at radius 1 is 1.29 bits per heavy atom. The predicted molar refractivity (Wildman–Crippen MR) is 119 cm³/mol. The van der Waals surface area contributed by atoms with Gasteiger partial charge in [0, 0.05) is 5.71 Å². The van der Waals surface area contributed by atoms with Gasteiger partial charge < -0.3 is 5.73 Å². The maximum atomic E-state index is 10.7. The van der Waals surface area contributed by atoms with Crippen molar-refractivity contribution in [2.75, 3.05) is 0 Å². The molecule has 28 heavy (non-hydrogen) atoms. The molecule has 0 heterocycles. The number of nitrogens with zero attached hydrogens (tertiary/aromatic N) is 1. The fourth-order valence-electron chi connectivity index (χ4n) is 5.90. The first-order chi connectivity index (χ1) is 13.1. The first kappa shape index (κ1) is 22.7. The Labute approximate surface area is 172 Å². The van der Waals surface area contributed by atoms with E-state index in [1.807, 2.05) is 6.92 Å². The molecule has 1 fully saturated rings. The molecule has 2 aliphatic carbocycles. The van der Waals surface area contributed by atoms with Crippen molar-refractivity contribution in [2.45, 2.75) is 92.9 Å². The van der Waals surface area contributed by atoms with Gasteiger partial charge in [-0.25, -0.2) is 10.2 Å². The summed E-state index contributed by atoms with van der Waals surface area (Å²) >= 11 is 0. The molecule has 4 nitrogen and oxygen atoms in total. The Bertz CT molecular complexity index is 659. The molecule has 0 radical (unpaired) electrons. The fraction of sp³-hybridized carbons (Fsp3) is 0.750. The second kappa shape index (κ2) is 9.28. The Morgan fingerprint density at radius 2 is 2.00 bits per heavy atom. The Balaban J connectivity index is 1.95. The van der Waals surface area contributed by atoms with Gasteiger partial charge in [-0.1, -0.05) is 50.5 Å². The van der Waals surface area contributed by atoms with Crippen molar-refractivity contribution in [1.29, 1.82) is 0 Å². The van der Waals surface area contributed by atoms with E-state index in [4.69, 9.17) is 5.73 Å². The SMILES string of the molecule is CC1=CC[C@@H]2C(C)(C)CCC[C@@]2(C)[C@@H]1CC/C(C)=C/CC/C(C)=N/NC(N)=O. The zero-order chi connectivity index (χ0) is 20.9. The summed E-state index contributed by atoms with van der Waals surface area (Å²) in [4.78, 5) is 10.7. The van der Waals surface area contributed by atoms with E-state index in [2.05, 4.69) is 57.3 Å². The van der Waals surface area contributed by atoms with E-state index in [-0.39, 0.29) is 0 Å². The number of amides is 2. The molecule has 0 saturated heterocycles. The summed E-state index contributed by atoms with van der Waals surface area (Å²) < 4.78 is 0. The molecule has 4 heteroatoms. The highest BCUT2D eigenvalue weighted by Crippen LogP contribution is 2.60. The standard InChI is InChI=1S/C24H41N3O/c1-17(9-7-10-19(3)26-27-22(25)28)11-13-20-18(2)12-14-21-23(4,5)15-8-16-24(20,21)6/h9,12,20-21H,7-8,10-11,13-16H2,1-6H3,(H3,25,27,28)/b17-9+,26-19+/t20-,21-,24+/m1/s1. The van der Waals surface area contributed by atoms with Gasteiger partial charge in [0.2, 0.25) is 0 Å². The molecular weight excluding hydrogens is 346 g/mol. The Morgan fingerprint density at radius 3 is 2.68 bits per heavy atom. The number of urea groups is 1. The molecule has 0 bridgehead atoms. The normalized spacial score (nSPS) is 30.4. The van der Waals surface area contributed by atoms with Gasteiger partial charge in [-0.3, -0.25) is 0 Å². The quantitative estimate of drug-likeness (QED) is 0.299. The minimum Gasteiger partial charge on any atom is -0.350 e. The molecule has 0 aromatic carbocycles. The van der Waals surface area contributed by atoms with Crippen LogP contribution in [0, 0.1) is 22.7 Å². The molecule has 2 amide bonds. The minimum atomic E-state index is -0.611. The lowest BCUT2D eigenvalue weighted by Gasteiger charge is -2.57. The van der Waals surface area contributed by atoms with Crippen molar-refractivity contribution in [3.63, 3.8) is 0 Å². The number of rotatable bonds is 7. The average molecular weight is 388 g/mol. The Kier molecular flexibility index (Phi) is 7.52. The van der Waals surface area contributed by atoms with E-state index in [1.54, 1.807) is 5.57 Å². The molecule has 2 rings (SSSR count). The van der Waals surface area contributed by atoms with Crippen LogP contribution in [0.5, 0.6) is 0 Å². The maximum Gasteiger partial charge on any atom is 0.332 e. The van der Waals surface area contributed by atoms with Crippen molar-refractivity contribution in [2.24, 2.45) is 33.5 Å². The lowest BCUT2D eigenvalue weighted by Crippen LogP contribution is -2.48. The molecule has 1 saturated carbocycles. The van der Waals surface area contributed by atoms with Crippen LogP contribution >= 0.6 is 0 Å². The van der Waals surface area contributed by atoms with Gasteiger partial charge in [-0.15, -0.1) is 0 Å². The van der Waals surface area contributed by atoms with E-state index < -0.39 is 6.03 Å². The van der Waals surface area contributed by atoms with Gasteiger partial charge in [0.15, 0.2) is 0 Å². The van der Waals surface area contributed by atoms with Gasteiger partial charge in [0.1, 0.15) is 0 Å². The molecule has 0 spiro atoms. The minimum absolute atomic E-state index is 0.449. The van der Waals surface area contributed by atoms with Crippen molar-refractivity contribution in [3.05, 3.63) is 23.3 Å². The summed E-state index contributed by atoms with van der Waals surface area (Å²) in [7, 11) is 0. The zero-order valence-electron chi connectivity index (χ0n) is 18.9. The van der Waals surface area contributed by atoms with E-state index >= 15 is 0 Å². The van der Waals surface area contributed by atoms with Crippen LogP contribution in [0.15, 0.2) is 28.4 Å². The highest BCUT2D eigenvalue weighted by molar-refractivity contribution is 5.83. The number of allylic oxidation sites excluding steroid dienone is 4. The molecule has 3 atom stereocenters. The van der Waals surface area contributed by atoms with E-state index in [0.29, 0.717) is 16.7 Å². The summed E-state index contributed by atoms with van der Waals surface area (Å²) in [6.45, 7) is 14.1. The van der Waals surface area contributed by atoms with Crippen LogP contribution < -0.4 is 11.2 Å². The molecule has 0 aromatic heterocycles. The number of fused-ring (bicyclic) bond motifs is 1. The van der Waals surface area contributed by atoms with Crippen molar-refractivity contribution < 1.29 is 4.79 Å². The third kappa shape index (κ3) is 5.48. The summed E-state index contributed by atoms with van der Waals surface area (Å²) in [5.74, 6) is 1.51. The van der Waals surface area contributed by atoms with Gasteiger partial charge in [-0.2, -0.15) is 5.10 Å². The average Bonchev–Trinajstić information content (AvgIpc) is 2.58. The first-order valence-corrected chi connectivity index (χ1v) is 11.0. The van der Waals surface area contributed by atoms with Crippen LogP contribution in [0.4, 0.5) is 4.79 Å². The van der Waals surface area contributed by atoms with Gasteiger partial charge >= 0.3 is 6.03 Å². The van der Waals surface area contributed by atoms with Crippen molar-refractivity contribution >= 4 is 11.7 Å². The van der Waals surface area contributed by atoms with Crippen LogP contribution in [0.25, 0.3) is 0 Å². The highest BCUT2D eigenvalue weighted by atomic mass is 16.2. The first-order valence-electron chi connectivity index (χ1n) is 11.0. The smallest absolute Gasteiger partial charge is 0.332 e. The molecule has 0 aromatic rings. The predicted octanol–water partition coefficient (Wildman–Crippen LogP) is 6.34. The molecule has 158 valence electrons. The van der Waals surface area contributed by atoms with Crippen LogP contribution in [-0.2, 0) is 0 Å². The number of nitrogens with two attached hydrogens (primary N) is 1. The number of hydrogen-bond acceptors (Lipinski definition) is 2. The molecule has 2 aliphatic rings. The summed E-state index contributed by atoms with van der Waals surface area (Å²) in [5, 5.41) is 3.97. The second-order valence-corrected chi connectivity index (χ2v) is 10.1.